The number of ketones is 2. The zero-order valence-electron chi connectivity index (χ0n) is 30.4. The van der Waals surface area contributed by atoms with Crippen molar-refractivity contribution in [2.75, 3.05) is 36.1 Å². The van der Waals surface area contributed by atoms with Gasteiger partial charge >= 0.3 is 0 Å². The van der Waals surface area contributed by atoms with E-state index in [1.807, 2.05) is 111 Å². The van der Waals surface area contributed by atoms with Crippen LogP contribution in [0.4, 0.5) is 11.4 Å². The third-order valence-corrected chi connectivity index (χ3v) is 12.7. The Hall–Kier alpha value is -5.60. The number of Topliss-reactive ketones (excluding diaryl/α,β-unsaturated/α-hetero) is 1. The van der Waals surface area contributed by atoms with E-state index in [9.17, 15) is 14.7 Å². The first-order valence-electron chi connectivity index (χ1n) is 18.9. The lowest BCUT2D eigenvalue weighted by atomic mass is 9.44. The second kappa shape index (κ2) is 13.1. The molecule has 6 unspecified atom stereocenters. The molecule has 3 aliphatic carbocycles. The SMILES string of the molecule is Cc1cc(C2C3=CCC4C(=O)N(c5ccc(N6CCOCC6)cc5)C(=O)C4C3CC3C(=O)C(c4ccccc4)=CC(=O)C32c2ccccc2)cc(C)c1O. The summed E-state index contributed by atoms with van der Waals surface area (Å²) < 4.78 is 5.51. The molecule has 4 aromatic rings. The fraction of sp³-hybridized carbons (Fsp3) is 0.304. The van der Waals surface area contributed by atoms with Gasteiger partial charge in [0, 0.05) is 36.2 Å². The van der Waals surface area contributed by atoms with Crippen LogP contribution in [0, 0.1) is 37.5 Å². The minimum absolute atomic E-state index is 0.143. The van der Waals surface area contributed by atoms with E-state index < -0.39 is 35.0 Å². The van der Waals surface area contributed by atoms with Gasteiger partial charge in [0.15, 0.2) is 11.6 Å². The van der Waals surface area contributed by atoms with Crippen molar-refractivity contribution in [3.8, 4) is 5.75 Å². The Kier molecular flexibility index (Phi) is 8.27. The van der Waals surface area contributed by atoms with Crippen LogP contribution in [-0.4, -0.2) is 54.8 Å². The minimum Gasteiger partial charge on any atom is -0.507 e. The molecule has 0 bridgehead atoms. The quantitative estimate of drug-likeness (QED) is 0.177. The Morgan fingerprint density at radius 1 is 0.759 bits per heavy atom. The van der Waals surface area contributed by atoms with Crippen LogP contribution in [0.2, 0.25) is 0 Å². The van der Waals surface area contributed by atoms with Gasteiger partial charge in [-0.15, -0.1) is 0 Å². The molecule has 1 saturated carbocycles. The lowest BCUT2D eigenvalue weighted by molar-refractivity contribution is -0.135. The van der Waals surface area contributed by atoms with Crippen molar-refractivity contribution in [2.24, 2.45) is 23.7 Å². The Morgan fingerprint density at radius 2 is 1.39 bits per heavy atom. The molecule has 272 valence electrons. The van der Waals surface area contributed by atoms with Crippen LogP contribution in [0.5, 0.6) is 5.75 Å². The fourth-order valence-electron chi connectivity index (χ4n) is 10.3. The number of morpholine rings is 1. The number of imide groups is 1. The second-order valence-electron chi connectivity index (χ2n) is 15.4. The lowest BCUT2D eigenvalue weighted by Gasteiger charge is -2.55. The van der Waals surface area contributed by atoms with Crippen LogP contribution in [0.3, 0.4) is 0 Å². The molecule has 9 rings (SSSR count). The van der Waals surface area contributed by atoms with E-state index in [0.29, 0.717) is 47.6 Å². The molecule has 2 heterocycles. The third-order valence-electron chi connectivity index (χ3n) is 12.7. The Balaban J connectivity index is 1.20. The minimum atomic E-state index is -1.32. The summed E-state index contributed by atoms with van der Waals surface area (Å²) in [5.41, 5.74) is 5.04. The number of phenolic OH excluding ortho intramolecular Hbond substituents is 1. The zero-order valence-corrected chi connectivity index (χ0v) is 30.4. The highest BCUT2D eigenvalue weighted by atomic mass is 16.5. The van der Waals surface area contributed by atoms with Gasteiger partial charge in [0.05, 0.1) is 36.2 Å². The molecule has 0 spiro atoms. The summed E-state index contributed by atoms with van der Waals surface area (Å²) in [5, 5.41) is 10.9. The smallest absolute Gasteiger partial charge is 0.238 e. The van der Waals surface area contributed by atoms with Gasteiger partial charge in [0.1, 0.15) is 5.75 Å². The average Bonchev–Trinajstić information content (AvgIpc) is 3.47. The number of hydrogen-bond donors (Lipinski definition) is 1. The van der Waals surface area contributed by atoms with E-state index in [-0.39, 0.29) is 35.6 Å². The molecule has 0 aromatic heterocycles. The van der Waals surface area contributed by atoms with Gasteiger partial charge in [-0.05, 0) is 90.8 Å². The van der Waals surface area contributed by atoms with Crippen molar-refractivity contribution < 1.29 is 29.0 Å². The van der Waals surface area contributed by atoms with Crippen molar-refractivity contribution in [1.29, 1.82) is 0 Å². The maximum absolute atomic E-state index is 15.3. The van der Waals surface area contributed by atoms with E-state index in [1.54, 1.807) is 0 Å². The number of aryl methyl sites for hydroxylation is 2. The predicted molar refractivity (Wildman–Crippen MR) is 206 cm³/mol. The van der Waals surface area contributed by atoms with Crippen molar-refractivity contribution in [3.05, 3.63) is 143 Å². The summed E-state index contributed by atoms with van der Waals surface area (Å²) in [6.07, 6.45) is 4.21. The maximum atomic E-state index is 15.3. The number of amides is 2. The van der Waals surface area contributed by atoms with E-state index in [2.05, 4.69) is 11.0 Å². The number of allylic oxidation sites excluding steroid dienone is 4. The highest BCUT2D eigenvalue weighted by Crippen LogP contribution is 2.64. The van der Waals surface area contributed by atoms with E-state index >= 15 is 9.59 Å². The van der Waals surface area contributed by atoms with Crippen LogP contribution in [0.25, 0.3) is 5.57 Å². The molecule has 8 heteroatoms. The van der Waals surface area contributed by atoms with Gasteiger partial charge < -0.3 is 14.7 Å². The molecular weight excluding hydrogens is 677 g/mol. The number of carbonyl (C=O) groups excluding carboxylic acids is 4. The molecule has 6 atom stereocenters. The molecule has 3 fully saturated rings. The molecule has 5 aliphatic rings. The first-order chi connectivity index (χ1) is 26.2. The molecular formula is C46H42N2O6. The largest absolute Gasteiger partial charge is 0.507 e. The second-order valence-corrected chi connectivity index (χ2v) is 15.4. The van der Waals surface area contributed by atoms with Gasteiger partial charge in [-0.3, -0.25) is 24.1 Å². The molecule has 2 aliphatic heterocycles. The summed E-state index contributed by atoms with van der Waals surface area (Å²) in [5.74, 6) is -3.82. The number of ether oxygens (including phenoxy) is 1. The summed E-state index contributed by atoms with van der Waals surface area (Å²) in [6.45, 7) is 6.53. The number of carbonyl (C=O) groups is 4. The molecule has 4 aromatic carbocycles. The molecule has 1 N–H and O–H groups in total. The van der Waals surface area contributed by atoms with E-state index in [4.69, 9.17) is 4.74 Å². The number of hydrogen-bond acceptors (Lipinski definition) is 7. The van der Waals surface area contributed by atoms with Gasteiger partial charge in [-0.25, -0.2) is 0 Å². The Labute approximate surface area is 314 Å². The van der Waals surface area contributed by atoms with E-state index in [1.165, 1.54) is 11.0 Å². The van der Waals surface area contributed by atoms with Crippen LogP contribution in [0.1, 0.15) is 46.6 Å². The molecule has 2 amide bonds. The van der Waals surface area contributed by atoms with Crippen molar-refractivity contribution in [2.45, 2.75) is 38.0 Å². The van der Waals surface area contributed by atoms with E-state index in [0.717, 1.165) is 35.5 Å². The van der Waals surface area contributed by atoms with Crippen LogP contribution >= 0.6 is 0 Å². The van der Waals surface area contributed by atoms with Gasteiger partial charge in [-0.2, -0.15) is 0 Å². The van der Waals surface area contributed by atoms with Gasteiger partial charge in [0.2, 0.25) is 11.8 Å². The monoisotopic (exact) mass is 718 g/mol. The molecule has 8 nitrogen and oxygen atoms in total. The Morgan fingerprint density at radius 3 is 2.06 bits per heavy atom. The zero-order chi connectivity index (χ0) is 37.3. The first kappa shape index (κ1) is 34.2. The first-order valence-corrected chi connectivity index (χ1v) is 18.9. The third kappa shape index (κ3) is 5.07. The fourth-order valence-corrected chi connectivity index (χ4v) is 10.3. The van der Waals surface area contributed by atoms with Crippen molar-refractivity contribution >= 4 is 40.3 Å². The maximum Gasteiger partial charge on any atom is 0.238 e. The topological polar surface area (TPSA) is 104 Å². The number of benzene rings is 4. The number of rotatable bonds is 5. The summed E-state index contributed by atoms with van der Waals surface area (Å²) in [6, 6.07) is 30.3. The predicted octanol–water partition coefficient (Wildman–Crippen LogP) is 6.87. The molecule has 2 saturated heterocycles. The normalized spacial score (nSPS) is 27.9. The average molecular weight is 719 g/mol. The summed E-state index contributed by atoms with van der Waals surface area (Å²) in [7, 11) is 0. The van der Waals surface area contributed by atoms with Crippen LogP contribution < -0.4 is 9.80 Å². The lowest BCUT2D eigenvalue weighted by Crippen LogP contribution is -2.58. The number of anilines is 2. The van der Waals surface area contributed by atoms with Gasteiger partial charge in [-0.1, -0.05) is 84.4 Å². The number of nitrogens with zero attached hydrogens (tertiary/aromatic N) is 2. The van der Waals surface area contributed by atoms with Crippen LogP contribution in [0.15, 0.2) is 115 Å². The summed E-state index contributed by atoms with van der Waals surface area (Å²) in [4.78, 5) is 63.1. The number of aromatic hydroxyl groups is 1. The Bertz CT molecular complexity index is 2230. The number of fused-ring (bicyclic) bond motifs is 4. The van der Waals surface area contributed by atoms with Crippen molar-refractivity contribution in [1.82, 2.24) is 0 Å². The molecule has 0 radical (unpaired) electrons. The molecule has 54 heavy (non-hydrogen) atoms. The standard InChI is InChI=1S/C46H42N2O6/c1-27-23-30(24-28(2)42(27)50)41-34-17-18-35-40(45(53)48(44(35)52)33-15-13-32(14-16-33)47-19-21-54-22-20-47)37(34)25-38-43(51)36(29-9-5-3-6-10-29)26-39(49)46(38,41)31-11-7-4-8-12-31/h3-17,23-24,26,35,37-38,40-41,50H,18-22,25H2,1-2H3. The highest BCUT2D eigenvalue weighted by molar-refractivity contribution is 6.32. The highest BCUT2D eigenvalue weighted by Gasteiger charge is 2.66. The van der Waals surface area contributed by atoms with Crippen molar-refractivity contribution in [3.63, 3.8) is 0 Å². The van der Waals surface area contributed by atoms with Crippen LogP contribution in [-0.2, 0) is 29.3 Å². The summed E-state index contributed by atoms with van der Waals surface area (Å²) >= 11 is 0. The number of phenols is 1. The van der Waals surface area contributed by atoms with Gasteiger partial charge in [0.25, 0.3) is 0 Å².